The fraction of sp³-hybridized carbons (Fsp3) is 0.667. The highest BCUT2D eigenvalue weighted by Gasteiger charge is 2.17. The van der Waals surface area contributed by atoms with Gasteiger partial charge in [-0.15, -0.1) is 0 Å². The maximum Gasteiger partial charge on any atom is 0.311 e. The molecule has 0 saturated heterocycles. The minimum Gasteiger partial charge on any atom is -0.481 e. The molecule has 0 aliphatic rings. The summed E-state index contributed by atoms with van der Waals surface area (Å²) in [6, 6.07) is 0. The van der Waals surface area contributed by atoms with Crippen molar-refractivity contribution >= 4 is 46.1 Å². The first-order chi connectivity index (χ1) is 8.77. The van der Waals surface area contributed by atoms with Gasteiger partial charge in [-0.2, -0.15) is 0 Å². The van der Waals surface area contributed by atoms with Crippen LogP contribution < -0.4 is 0 Å². The lowest BCUT2D eigenvalue weighted by molar-refractivity contribution is -0.139. The summed E-state index contributed by atoms with van der Waals surface area (Å²) in [4.78, 5) is 22.2. The zero-order valence-electron chi connectivity index (χ0n) is 10.9. The van der Waals surface area contributed by atoms with Crippen LogP contribution in [0.25, 0.3) is 0 Å². The second-order valence-corrected chi connectivity index (χ2v) is 5.21. The van der Waals surface area contributed by atoms with E-state index in [1.807, 2.05) is 0 Å². The predicted molar refractivity (Wildman–Crippen MR) is 78.8 cm³/mol. The van der Waals surface area contributed by atoms with Gasteiger partial charge in [0, 0.05) is 22.6 Å². The molecule has 0 aromatic rings. The van der Waals surface area contributed by atoms with Gasteiger partial charge in [0.15, 0.2) is 0 Å². The standard InChI is InChI=1S/C12H18O5S2/c1-7(11(13)14)9(18)3-5-17-6-4-10(19)8(2)12(15)16/h7-8H,3-6H2,1-2H3,(H,13,14)(H,15,16). The van der Waals surface area contributed by atoms with Gasteiger partial charge < -0.3 is 14.9 Å². The summed E-state index contributed by atoms with van der Waals surface area (Å²) < 4.78 is 5.27. The van der Waals surface area contributed by atoms with Crippen molar-refractivity contribution in [3.05, 3.63) is 0 Å². The first-order valence-corrected chi connectivity index (χ1v) is 6.67. The second-order valence-electron chi connectivity index (χ2n) is 4.16. The van der Waals surface area contributed by atoms with E-state index in [-0.39, 0.29) is 0 Å². The van der Waals surface area contributed by atoms with E-state index in [1.165, 1.54) is 13.8 Å². The Kier molecular flexibility index (Phi) is 8.62. The molecule has 2 atom stereocenters. The van der Waals surface area contributed by atoms with Crippen LogP contribution in [0, 0.1) is 11.8 Å². The van der Waals surface area contributed by atoms with E-state index >= 15 is 0 Å². The van der Waals surface area contributed by atoms with Gasteiger partial charge in [0.1, 0.15) is 0 Å². The van der Waals surface area contributed by atoms with Crippen LogP contribution in [0.2, 0.25) is 0 Å². The van der Waals surface area contributed by atoms with Crippen molar-refractivity contribution in [3.63, 3.8) is 0 Å². The Hall–Kier alpha value is -0.920. The number of aliphatic carboxylic acids is 2. The summed E-state index contributed by atoms with van der Waals surface area (Å²) in [5.41, 5.74) is 0. The second kappa shape index (κ2) is 9.06. The molecule has 0 aromatic heterocycles. The molecule has 0 heterocycles. The monoisotopic (exact) mass is 306 g/mol. The molecule has 0 aliphatic carbocycles. The van der Waals surface area contributed by atoms with Crippen LogP contribution in [0.15, 0.2) is 0 Å². The minimum absolute atomic E-state index is 0.320. The van der Waals surface area contributed by atoms with E-state index in [0.29, 0.717) is 35.8 Å². The number of carbonyl (C=O) groups is 2. The van der Waals surface area contributed by atoms with Gasteiger partial charge in [0.2, 0.25) is 0 Å². The van der Waals surface area contributed by atoms with Crippen LogP contribution in [0.4, 0.5) is 0 Å². The van der Waals surface area contributed by atoms with Gasteiger partial charge in [-0.25, -0.2) is 0 Å². The smallest absolute Gasteiger partial charge is 0.311 e. The van der Waals surface area contributed by atoms with E-state index < -0.39 is 23.8 Å². The van der Waals surface area contributed by atoms with Gasteiger partial charge >= 0.3 is 11.9 Å². The normalized spacial score (nSPS) is 13.6. The molecular weight excluding hydrogens is 288 g/mol. The maximum absolute atomic E-state index is 10.7. The van der Waals surface area contributed by atoms with Crippen molar-refractivity contribution in [1.82, 2.24) is 0 Å². The summed E-state index contributed by atoms with van der Waals surface area (Å²) in [5.74, 6) is -3.21. The molecule has 0 bridgehead atoms. The fourth-order valence-corrected chi connectivity index (χ4v) is 1.52. The molecule has 0 aromatic carbocycles. The summed E-state index contributed by atoms with van der Waals surface area (Å²) in [5, 5.41) is 17.5. The number of carboxylic acid groups (broad SMARTS) is 2. The summed E-state index contributed by atoms with van der Waals surface area (Å²) >= 11 is 9.93. The highest BCUT2D eigenvalue weighted by atomic mass is 32.1. The lowest BCUT2D eigenvalue weighted by Crippen LogP contribution is -2.21. The van der Waals surface area contributed by atoms with Crippen LogP contribution in [0.5, 0.6) is 0 Å². The molecule has 5 nitrogen and oxygen atoms in total. The Balaban J connectivity index is 3.77. The fourth-order valence-electron chi connectivity index (χ4n) is 1.16. The Labute approximate surface area is 122 Å². The van der Waals surface area contributed by atoms with Gasteiger partial charge in [-0.05, 0) is 13.8 Å². The summed E-state index contributed by atoms with van der Waals surface area (Å²) in [7, 11) is 0. The minimum atomic E-state index is -0.943. The summed E-state index contributed by atoms with van der Waals surface area (Å²) in [6.07, 6.45) is 0.786. The Morgan fingerprint density at radius 2 is 1.26 bits per heavy atom. The summed E-state index contributed by atoms with van der Waals surface area (Å²) in [6.45, 7) is 3.71. The quantitative estimate of drug-likeness (QED) is 0.471. The van der Waals surface area contributed by atoms with Gasteiger partial charge in [-0.3, -0.25) is 9.59 Å². The zero-order valence-corrected chi connectivity index (χ0v) is 12.6. The lowest BCUT2D eigenvalue weighted by atomic mass is 10.1. The average Bonchev–Trinajstić information content (AvgIpc) is 2.35. The van der Waals surface area contributed by atoms with Crippen molar-refractivity contribution in [1.29, 1.82) is 0 Å². The van der Waals surface area contributed by atoms with E-state index in [1.54, 1.807) is 0 Å². The molecule has 19 heavy (non-hydrogen) atoms. The number of thiocarbonyl (C=S) groups is 2. The third-order valence-corrected chi connectivity index (χ3v) is 3.81. The van der Waals surface area contributed by atoms with Gasteiger partial charge in [0.05, 0.1) is 25.0 Å². The van der Waals surface area contributed by atoms with Crippen molar-refractivity contribution < 1.29 is 24.5 Å². The highest BCUT2D eigenvalue weighted by molar-refractivity contribution is 7.80. The largest absolute Gasteiger partial charge is 0.481 e. The predicted octanol–water partition coefficient (Wildman–Crippen LogP) is 1.96. The van der Waals surface area contributed by atoms with Crippen LogP contribution in [-0.4, -0.2) is 45.1 Å². The zero-order chi connectivity index (χ0) is 15.0. The molecule has 2 N–H and O–H groups in total. The van der Waals surface area contributed by atoms with Crippen molar-refractivity contribution in [2.45, 2.75) is 26.7 Å². The van der Waals surface area contributed by atoms with Gasteiger partial charge in [0.25, 0.3) is 0 Å². The molecular formula is C12H18O5S2. The van der Waals surface area contributed by atoms with Gasteiger partial charge in [-0.1, -0.05) is 24.4 Å². The molecule has 0 spiro atoms. The molecule has 0 aliphatic heterocycles. The first kappa shape index (κ1) is 18.1. The van der Waals surface area contributed by atoms with E-state index in [9.17, 15) is 9.59 Å². The molecule has 0 rings (SSSR count). The number of hydrogen-bond acceptors (Lipinski definition) is 5. The topological polar surface area (TPSA) is 83.8 Å². The SMILES string of the molecule is CC(C(=O)O)C(=S)CCOCCC(=S)C(C)C(=O)O. The number of carboxylic acids is 2. The van der Waals surface area contributed by atoms with Crippen molar-refractivity contribution in [2.75, 3.05) is 13.2 Å². The maximum atomic E-state index is 10.7. The molecule has 0 saturated carbocycles. The Morgan fingerprint density at radius 1 is 0.947 bits per heavy atom. The molecule has 2 unspecified atom stereocenters. The lowest BCUT2D eigenvalue weighted by Gasteiger charge is -2.10. The number of rotatable bonds is 10. The van der Waals surface area contributed by atoms with Crippen LogP contribution in [0.1, 0.15) is 26.7 Å². The van der Waals surface area contributed by atoms with Crippen LogP contribution in [-0.2, 0) is 14.3 Å². The number of ether oxygens (including phenoxy) is 1. The van der Waals surface area contributed by atoms with Crippen molar-refractivity contribution in [2.24, 2.45) is 11.8 Å². The molecule has 0 fully saturated rings. The van der Waals surface area contributed by atoms with E-state index in [0.717, 1.165) is 0 Å². The van der Waals surface area contributed by atoms with E-state index in [2.05, 4.69) is 0 Å². The third kappa shape index (κ3) is 7.29. The van der Waals surface area contributed by atoms with Crippen molar-refractivity contribution in [3.8, 4) is 0 Å². The first-order valence-electron chi connectivity index (χ1n) is 5.86. The average molecular weight is 306 g/mol. The Morgan fingerprint density at radius 3 is 1.53 bits per heavy atom. The number of hydrogen-bond donors (Lipinski definition) is 2. The van der Waals surface area contributed by atoms with Crippen LogP contribution in [0.3, 0.4) is 0 Å². The molecule has 108 valence electrons. The Bertz CT molecular complexity index is 333. The van der Waals surface area contributed by atoms with Crippen LogP contribution >= 0.6 is 24.4 Å². The van der Waals surface area contributed by atoms with E-state index in [4.69, 9.17) is 39.4 Å². The third-order valence-electron chi connectivity index (χ3n) is 2.69. The highest BCUT2D eigenvalue weighted by Crippen LogP contribution is 2.06. The molecule has 0 radical (unpaired) electrons. The molecule has 7 heteroatoms. The molecule has 0 amide bonds.